The second kappa shape index (κ2) is 8.62. The third-order valence-electron chi connectivity index (χ3n) is 5.01. The molecule has 1 fully saturated rings. The normalized spacial score (nSPS) is 14.5. The summed E-state index contributed by atoms with van der Waals surface area (Å²) >= 11 is 5.89. The molecular formula is C21H19ClFN5O2. The topological polar surface area (TPSA) is 80.1 Å². The first kappa shape index (κ1) is 20.0. The van der Waals surface area contributed by atoms with Crippen LogP contribution in [0.25, 0.3) is 5.69 Å². The predicted molar refractivity (Wildman–Crippen MR) is 109 cm³/mol. The molecule has 0 saturated carbocycles. The number of rotatable bonds is 4. The Morgan fingerprint density at radius 2 is 1.83 bits per heavy atom. The van der Waals surface area contributed by atoms with Crippen molar-refractivity contribution in [3.05, 3.63) is 76.8 Å². The molecule has 0 unspecified atom stereocenters. The second-order valence-corrected chi connectivity index (χ2v) is 7.51. The Labute approximate surface area is 177 Å². The van der Waals surface area contributed by atoms with Gasteiger partial charge in [-0.15, -0.1) is 5.10 Å². The van der Waals surface area contributed by atoms with Crippen LogP contribution in [0.15, 0.2) is 54.7 Å². The van der Waals surface area contributed by atoms with Crippen LogP contribution in [0.3, 0.4) is 0 Å². The Balaban J connectivity index is 1.33. The number of likely N-dealkylation sites (tertiary alicyclic amines) is 1. The molecule has 0 aliphatic carbocycles. The van der Waals surface area contributed by atoms with Crippen molar-refractivity contribution in [3.63, 3.8) is 0 Å². The van der Waals surface area contributed by atoms with Gasteiger partial charge in [-0.05, 0) is 55.3 Å². The lowest BCUT2D eigenvalue weighted by molar-refractivity contribution is 0.0692. The summed E-state index contributed by atoms with van der Waals surface area (Å²) in [5.41, 5.74) is 1.30. The quantitative estimate of drug-likeness (QED) is 0.693. The molecule has 7 nitrogen and oxygen atoms in total. The van der Waals surface area contributed by atoms with Gasteiger partial charge in [0.05, 0.1) is 11.9 Å². The van der Waals surface area contributed by atoms with E-state index >= 15 is 0 Å². The predicted octanol–water partition coefficient (Wildman–Crippen LogP) is 3.09. The zero-order valence-corrected chi connectivity index (χ0v) is 16.7. The highest BCUT2D eigenvalue weighted by atomic mass is 35.5. The lowest BCUT2D eigenvalue weighted by atomic mass is 10.0. The SMILES string of the molecule is O=C(NC1CCN(C(=O)c2cn(-c3ccc(Cl)cc3)nn2)CC1)c1cccc(F)c1. The van der Waals surface area contributed by atoms with Gasteiger partial charge < -0.3 is 10.2 Å². The van der Waals surface area contributed by atoms with Crippen molar-refractivity contribution in [1.29, 1.82) is 0 Å². The number of carbonyl (C=O) groups excluding carboxylic acids is 2. The van der Waals surface area contributed by atoms with E-state index in [2.05, 4.69) is 15.6 Å². The van der Waals surface area contributed by atoms with Crippen molar-refractivity contribution in [2.75, 3.05) is 13.1 Å². The average Bonchev–Trinajstić information content (AvgIpc) is 3.24. The van der Waals surface area contributed by atoms with E-state index in [-0.39, 0.29) is 29.1 Å². The van der Waals surface area contributed by atoms with Gasteiger partial charge in [-0.1, -0.05) is 22.9 Å². The Hall–Kier alpha value is -3.26. The van der Waals surface area contributed by atoms with Gasteiger partial charge in [-0.2, -0.15) is 0 Å². The van der Waals surface area contributed by atoms with Crippen molar-refractivity contribution in [3.8, 4) is 5.69 Å². The fraction of sp³-hybridized carbons (Fsp3) is 0.238. The summed E-state index contributed by atoms with van der Waals surface area (Å²) in [4.78, 5) is 26.7. The minimum absolute atomic E-state index is 0.0745. The first-order valence-corrected chi connectivity index (χ1v) is 9.91. The first-order valence-electron chi connectivity index (χ1n) is 9.53. The van der Waals surface area contributed by atoms with E-state index in [1.165, 1.54) is 22.9 Å². The molecule has 9 heteroatoms. The highest BCUT2D eigenvalue weighted by Crippen LogP contribution is 2.16. The summed E-state index contributed by atoms with van der Waals surface area (Å²) in [5, 5.41) is 11.5. The van der Waals surface area contributed by atoms with Crippen LogP contribution in [0.2, 0.25) is 5.02 Å². The number of nitrogens with one attached hydrogen (secondary N) is 1. The van der Waals surface area contributed by atoms with Gasteiger partial charge in [-0.3, -0.25) is 9.59 Å². The monoisotopic (exact) mass is 427 g/mol. The summed E-state index contributed by atoms with van der Waals surface area (Å²) in [7, 11) is 0. The standard InChI is InChI=1S/C21H19ClFN5O2/c22-15-4-6-18(7-5-15)28-13-19(25-26-28)21(30)27-10-8-17(9-11-27)24-20(29)14-2-1-3-16(23)12-14/h1-7,12-13,17H,8-11H2,(H,24,29). The minimum Gasteiger partial charge on any atom is -0.349 e. The maximum absolute atomic E-state index is 13.3. The largest absolute Gasteiger partial charge is 0.349 e. The van der Waals surface area contributed by atoms with Crippen LogP contribution in [-0.2, 0) is 0 Å². The molecule has 1 aromatic heterocycles. The lowest BCUT2D eigenvalue weighted by Gasteiger charge is -2.31. The molecule has 2 aromatic carbocycles. The summed E-state index contributed by atoms with van der Waals surface area (Å²) in [6, 6.07) is 12.6. The van der Waals surface area contributed by atoms with E-state index in [9.17, 15) is 14.0 Å². The summed E-state index contributed by atoms with van der Waals surface area (Å²) in [5.74, 6) is -0.968. The van der Waals surface area contributed by atoms with E-state index in [1.54, 1.807) is 41.4 Å². The fourth-order valence-corrected chi connectivity index (χ4v) is 3.50. The van der Waals surface area contributed by atoms with Gasteiger partial charge >= 0.3 is 0 Å². The number of hydrogen-bond acceptors (Lipinski definition) is 4. The van der Waals surface area contributed by atoms with E-state index in [0.29, 0.717) is 31.0 Å². The third kappa shape index (κ3) is 4.49. The molecule has 154 valence electrons. The molecule has 3 aromatic rings. The summed E-state index contributed by atoms with van der Waals surface area (Å²) in [6.07, 6.45) is 2.81. The summed E-state index contributed by atoms with van der Waals surface area (Å²) in [6.45, 7) is 0.974. The molecule has 1 aliphatic heterocycles. The zero-order chi connectivity index (χ0) is 21.1. The van der Waals surface area contributed by atoms with E-state index in [1.807, 2.05) is 0 Å². The van der Waals surface area contributed by atoms with Crippen LogP contribution in [0, 0.1) is 5.82 Å². The Kier molecular flexibility index (Phi) is 5.76. The number of nitrogens with zero attached hydrogens (tertiary/aromatic N) is 4. The van der Waals surface area contributed by atoms with Crippen LogP contribution in [0.5, 0.6) is 0 Å². The first-order chi connectivity index (χ1) is 14.5. The molecule has 2 heterocycles. The third-order valence-corrected chi connectivity index (χ3v) is 5.26. The number of halogens is 2. The lowest BCUT2D eigenvalue weighted by Crippen LogP contribution is -2.46. The van der Waals surface area contributed by atoms with Crippen molar-refractivity contribution >= 4 is 23.4 Å². The zero-order valence-electron chi connectivity index (χ0n) is 16.0. The van der Waals surface area contributed by atoms with E-state index in [4.69, 9.17) is 11.6 Å². The molecule has 0 bridgehead atoms. The molecule has 0 spiro atoms. The Morgan fingerprint density at radius 3 is 2.53 bits per heavy atom. The smallest absolute Gasteiger partial charge is 0.276 e. The number of hydrogen-bond donors (Lipinski definition) is 1. The van der Waals surface area contributed by atoms with Crippen molar-refractivity contribution < 1.29 is 14.0 Å². The van der Waals surface area contributed by atoms with Gasteiger partial charge in [0.2, 0.25) is 0 Å². The highest BCUT2D eigenvalue weighted by Gasteiger charge is 2.26. The van der Waals surface area contributed by atoms with Crippen LogP contribution in [0.1, 0.15) is 33.7 Å². The molecule has 0 radical (unpaired) electrons. The number of amides is 2. The molecule has 4 rings (SSSR count). The minimum atomic E-state index is -0.449. The average molecular weight is 428 g/mol. The number of piperidine rings is 1. The van der Waals surface area contributed by atoms with E-state index in [0.717, 1.165) is 5.69 Å². The van der Waals surface area contributed by atoms with Crippen LogP contribution in [0.4, 0.5) is 4.39 Å². The Bertz CT molecular complexity index is 1060. The number of carbonyl (C=O) groups is 2. The molecule has 1 saturated heterocycles. The van der Waals surface area contributed by atoms with Crippen molar-refractivity contribution in [2.45, 2.75) is 18.9 Å². The maximum atomic E-state index is 13.3. The molecule has 0 atom stereocenters. The highest BCUT2D eigenvalue weighted by molar-refractivity contribution is 6.30. The molecular weight excluding hydrogens is 409 g/mol. The van der Waals surface area contributed by atoms with Gasteiger partial charge in [0.1, 0.15) is 5.82 Å². The van der Waals surface area contributed by atoms with Crippen LogP contribution in [-0.4, -0.2) is 50.8 Å². The van der Waals surface area contributed by atoms with Gasteiger partial charge in [-0.25, -0.2) is 9.07 Å². The molecule has 2 amide bonds. The summed E-state index contributed by atoms with van der Waals surface area (Å²) < 4.78 is 14.8. The van der Waals surface area contributed by atoms with Gasteiger partial charge in [0, 0.05) is 29.7 Å². The Morgan fingerprint density at radius 1 is 1.10 bits per heavy atom. The molecule has 30 heavy (non-hydrogen) atoms. The van der Waals surface area contributed by atoms with E-state index < -0.39 is 5.82 Å². The van der Waals surface area contributed by atoms with Crippen molar-refractivity contribution in [1.82, 2.24) is 25.2 Å². The maximum Gasteiger partial charge on any atom is 0.276 e. The molecule has 1 aliphatic rings. The second-order valence-electron chi connectivity index (χ2n) is 7.08. The van der Waals surface area contributed by atoms with Gasteiger partial charge in [0.25, 0.3) is 11.8 Å². The van der Waals surface area contributed by atoms with Gasteiger partial charge in [0.15, 0.2) is 5.69 Å². The molecule has 1 N–H and O–H groups in total. The number of aromatic nitrogens is 3. The number of benzene rings is 2. The van der Waals surface area contributed by atoms with Crippen LogP contribution < -0.4 is 5.32 Å². The van der Waals surface area contributed by atoms with Crippen LogP contribution >= 0.6 is 11.6 Å². The van der Waals surface area contributed by atoms with Crippen molar-refractivity contribution in [2.24, 2.45) is 0 Å². The fourth-order valence-electron chi connectivity index (χ4n) is 3.37.